The van der Waals surface area contributed by atoms with Gasteiger partial charge in [0.1, 0.15) is 6.61 Å². The van der Waals surface area contributed by atoms with Crippen LogP contribution >= 0.6 is 0 Å². The molecule has 0 radical (unpaired) electrons. The molecule has 1 aliphatic carbocycles. The number of amides is 3. The number of hydrogen-bond donors (Lipinski definition) is 1. The number of hydrogen-bond acceptors (Lipinski definition) is 6. The van der Waals surface area contributed by atoms with Gasteiger partial charge in [-0.2, -0.15) is 0 Å². The van der Waals surface area contributed by atoms with Gasteiger partial charge in [0.2, 0.25) is 11.8 Å². The average molecular weight is 534 g/mol. The predicted molar refractivity (Wildman–Crippen MR) is 142 cm³/mol. The molecule has 5 rings (SSSR count). The molecular weight excluding hydrogens is 506 g/mol. The number of anilines is 3. The molecule has 196 valence electrons. The lowest BCUT2D eigenvalue weighted by Gasteiger charge is -2.29. The molecule has 0 bridgehead atoms. The number of nitrogens with two attached hydrogens (primary N) is 1. The third-order valence-electron chi connectivity index (χ3n) is 7.03. The van der Waals surface area contributed by atoms with E-state index in [2.05, 4.69) is 0 Å². The smallest absolute Gasteiger partial charge is 0.414 e. The molecule has 0 saturated heterocycles. The molecule has 10 heteroatoms. The van der Waals surface area contributed by atoms with Gasteiger partial charge in [0.25, 0.3) is 0 Å². The first kappa shape index (κ1) is 25.5. The van der Waals surface area contributed by atoms with E-state index in [1.807, 2.05) is 30.3 Å². The van der Waals surface area contributed by atoms with Crippen molar-refractivity contribution in [3.05, 3.63) is 83.9 Å². The average Bonchev–Trinajstić information content (AvgIpc) is 3.35. The van der Waals surface area contributed by atoms with E-state index in [4.69, 9.17) is 10.5 Å². The van der Waals surface area contributed by atoms with Crippen LogP contribution in [-0.2, 0) is 26.0 Å². The van der Waals surface area contributed by atoms with Crippen molar-refractivity contribution in [3.8, 4) is 0 Å². The van der Waals surface area contributed by atoms with Gasteiger partial charge in [-0.15, -0.1) is 0 Å². The van der Waals surface area contributed by atoms with Crippen LogP contribution < -0.4 is 15.5 Å². The van der Waals surface area contributed by atoms with Gasteiger partial charge in [0.05, 0.1) is 28.2 Å². The van der Waals surface area contributed by atoms with Crippen LogP contribution in [0.15, 0.2) is 77.7 Å². The molecule has 2 N–H and O–H groups in total. The summed E-state index contributed by atoms with van der Waals surface area (Å²) in [7, 11) is -3.45. The number of rotatable bonds is 5. The summed E-state index contributed by atoms with van der Waals surface area (Å²) in [5.74, 6) is -1.45. The van der Waals surface area contributed by atoms with Crippen LogP contribution in [0, 0.1) is 5.92 Å². The molecule has 0 unspecified atom stereocenters. The Morgan fingerprint density at radius 1 is 0.974 bits per heavy atom. The van der Waals surface area contributed by atoms with Crippen molar-refractivity contribution in [2.24, 2.45) is 11.7 Å². The molecule has 1 fully saturated rings. The fraction of sp³-hybridized carbons (Fsp3) is 0.250. The highest BCUT2D eigenvalue weighted by Crippen LogP contribution is 2.46. The summed E-state index contributed by atoms with van der Waals surface area (Å²) in [5, 5.41) is 0. The Labute approximate surface area is 220 Å². The van der Waals surface area contributed by atoms with Gasteiger partial charge >= 0.3 is 6.09 Å². The Bertz CT molecular complexity index is 1510. The SMILES string of the molecule is CS(=O)(=O)c1ccc(N2C(=O)[C@@H]3CCC[C@@H]3N(C(=O)OCc3ccccc3)c3ccc(C(N)=O)cc32)cc1. The monoisotopic (exact) mass is 533 g/mol. The third-order valence-corrected chi connectivity index (χ3v) is 8.16. The standard InChI is InChI=1S/C28H27N3O6S/c1-38(35,36)21-13-11-20(12-14-21)30-25-16-19(26(29)32)10-15-24(25)31(23-9-5-8-22(23)27(30)33)28(34)37-17-18-6-3-2-4-7-18/h2-4,6-7,10-16,22-23H,5,8-9,17H2,1H3,(H2,29,32)/t22-,23+/m1/s1. The summed E-state index contributed by atoms with van der Waals surface area (Å²) in [4.78, 5) is 42.7. The van der Waals surface area contributed by atoms with Crippen LogP contribution in [0.2, 0.25) is 0 Å². The maximum absolute atomic E-state index is 14.0. The van der Waals surface area contributed by atoms with Crippen molar-refractivity contribution in [2.75, 3.05) is 16.1 Å². The van der Waals surface area contributed by atoms with Crippen molar-refractivity contribution in [1.29, 1.82) is 0 Å². The molecule has 0 spiro atoms. The van der Waals surface area contributed by atoms with E-state index >= 15 is 0 Å². The number of fused-ring (bicyclic) bond motifs is 2. The molecular formula is C28H27N3O6S. The Morgan fingerprint density at radius 2 is 1.68 bits per heavy atom. The van der Waals surface area contributed by atoms with Gasteiger partial charge in [-0.1, -0.05) is 36.8 Å². The topological polar surface area (TPSA) is 127 Å². The number of carbonyl (C=O) groups excluding carboxylic acids is 3. The summed E-state index contributed by atoms with van der Waals surface area (Å²) in [6.45, 7) is 0.0624. The van der Waals surface area contributed by atoms with Gasteiger partial charge in [-0.3, -0.25) is 19.4 Å². The highest BCUT2D eigenvalue weighted by molar-refractivity contribution is 7.90. The Balaban J connectivity index is 1.62. The van der Waals surface area contributed by atoms with Crippen molar-refractivity contribution >= 4 is 44.8 Å². The van der Waals surface area contributed by atoms with Crippen LogP contribution in [0.4, 0.5) is 21.9 Å². The molecule has 1 heterocycles. The molecule has 2 aliphatic rings. The van der Waals surface area contributed by atoms with E-state index in [1.54, 1.807) is 18.2 Å². The van der Waals surface area contributed by atoms with E-state index in [9.17, 15) is 22.8 Å². The van der Waals surface area contributed by atoms with Crippen molar-refractivity contribution < 1.29 is 27.5 Å². The fourth-order valence-electron chi connectivity index (χ4n) is 5.19. The maximum atomic E-state index is 14.0. The number of primary amides is 1. The van der Waals surface area contributed by atoms with Crippen LogP contribution in [-0.4, -0.2) is 38.6 Å². The van der Waals surface area contributed by atoms with Crippen molar-refractivity contribution in [3.63, 3.8) is 0 Å². The zero-order valence-electron chi connectivity index (χ0n) is 20.7. The molecule has 9 nitrogen and oxygen atoms in total. The number of benzene rings is 3. The zero-order chi connectivity index (χ0) is 27.0. The van der Waals surface area contributed by atoms with Gasteiger partial charge in [0, 0.05) is 17.5 Å². The van der Waals surface area contributed by atoms with Crippen LogP contribution in [0.25, 0.3) is 0 Å². The number of ether oxygens (including phenoxy) is 1. The summed E-state index contributed by atoms with van der Waals surface area (Å²) < 4.78 is 29.7. The quantitative estimate of drug-likeness (QED) is 0.524. The van der Waals surface area contributed by atoms with E-state index in [1.165, 1.54) is 34.1 Å². The second-order valence-corrected chi connectivity index (χ2v) is 11.5. The highest BCUT2D eigenvalue weighted by atomic mass is 32.2. The van der Waals surface area contributed by atoms with Gasteiger partial charge < -0.3 is 10.5 Å². The van der Waals surface area contributed by atoms with Crippen molar-refractivity contribution in [1.82, 2.24) is 0 Å². The molecule has 38 heavy (non-hydrogen) atoms. The molecule has 3 amide bonds. The second kappa shape index (κ2) is 9.94. The molecule has 2 atom stereocenters. The summed E-state index contributed by atoms with van der Waals surface area (Å²) >= 11 is 0. The van der Waals surface area contributed by atoms with Gasteiger partial charge in [0.15, 0.2) is 9.84 Å². The van der Waals surface area contributed by atoms with Crippen LogP contribution in [0.3, 0.4) is 0 Å². The maximum Gasteiger partial charge on any atom is 0.414 e. The molecule has 1 aliphatic heterocycles. The molecule has 3 aromatic carbocycles. The number of carbonyl (C=O) groups is 3. The lowest BCUT2D eigenvalue weighted by Crippen LogP contribution is -2.44. The second-order valence-electron chi connectivity index (χ2n) is 9.52. The largest absolute Gasteiger partial charge is 0.444 e. The molecule has 0 aromatic heterocycles. The Morgan fingerprint density at radius 3 is 2.34 bits per heavy atom. The number of sulfone groups is 1. The summed E-state index contributed by atoms with van der Waals surface area (Å²) in [5.41, 5.74) is 7.66. The van der Waals surface area contributed by atoms with E-state index < -0.39 is 33.8 Å². The summed E-state index contributed by atoms with van der Waals surface area (Å²) in [6, 6.07) is 19.4. The van der Waals surface area contributed by atoms with Crippen LogP contribution in [0.5, 0.6) is 0 Å². The van der Waals surface area contributed by atoms with Crippen molar-refractivity contribution in [2.45, 2.75) is 36.8 Å². The Hall–Kier alpha value is -4.18. The fourth-order valence-corrected chi connectivity index (χ4v) is 5.82. The lowest BCUT2D eigenvalue weighted by molar-refractivity contribution is -0.121. The lowest BCUT2D eigenvalue weighted by atomic mass is 10.0. The summed E-state index contributed by atoms with van der Waals surface area (Å²) in [6.07, 6.45) is 2.44. The minimum Gasteiger partial charge on any atom is -0.444 e. The number of nitrogens with zero attached hydrogens (tertiary/aromatic N) is 2. The molecule has 1 saturated carbocycles. The first-order valence-corrected chi connectivity index (χ1v) is 14.1. The third kappa shape index (κ3) is 4.74. The van der Waals surface area contributed by atoms with Gasteiger partial charge in [-0.25, -0.2) is 13.2 Å². The Kier molecular flexibility index (Phi) is 6.66. The normalized spacial score (nSPS) is 18.9. The first-order valence-electron chi connectivity index (χ1n) is 12.2. The molecule has 3 aromatic rings. The van der Waals surface area contributed by atoms with Crippen LogP contribution in [0.1, 0.15) is 35.2 Å². The minimum atomic E-state index is -3.45. The predicted octanol–water partition coefficient (Wildman–Crippen LogP) is 4.18. The highest BCUT2D eigenvalue weighted by Gasteiger charge is 2.46. The zero-order valence-corrected chi connectivity index (χ0v) is 21.6. The first-order chi connectivity index (χ1) is 18.1. The minimum absolute atomic E-state index is 0.0624. The van der Waals surface area contributed by atoms with E-state index in [-0.39, 0.29) is 23.0 Å². The van der Waals surface area contributed by atoms with E-state index in [0.29, 0.717) is 29.9 Å². The van der Waals surface area contributed by atoms with E-state index in [0.717, 1.165) is 18.2 Å². The van der Waals surface area contributed by atoms with Gasteiger partial charge in [-0.05, 0) is 60.9 Å².